The van der Waals surface area contributed by atoms with Crippen molar-refractivity contribution in [2.75, 3.05) is 6.54 Å². The van der Waals surface area contributed by atoms with E-state index in [0.717, 1.165) is 16.4 Å². The number of amides is 3. The number of ketones is 1. The molecule has 11 nitrogen and oxygen atoms in total. The van der Waals surface area contributed by atoms with Gasteiger partial charge >= 0.3 is 5.97 Å². The van der Waals surface area contributed by atoms with Crippen LogP contribution >= 0.6 is 23.2 Å². The summed E-state index contributed by atoms with van der Waals surface area (Å²) in [7, 11) is 0. The molecule has 5 rings (SSSR count). The number of esters is 1. The molecule has 2 aliphatic rings. The maximum Gasteiger partial charge on any atom is 0.343 e. The van der Waals surface area contributed by atoms with E-state index in [2.05, 4.69) is 0 Å². The second-order valence-corrected chi connectivity index (χ2v) is 11.6. The number of Topliss-reactive ketones (excluding diaryl/α,β-unsaturated/α-hetero) is 1. The second kappa shape index (κ2) is 12.6. The first-order chi connectivity index (χ1) is 20.9. The third kappa shape index (κ3) is 6.20. The summed E-state index contributed by atoms with van der Waals surface area (Å²) in [5.74, 6) is -3.99. The minimum atomic E-state index is -0.779. The average molecular weight is 638 g/mol. The molecule has 1 heterocycles. The standard InChI is InChI=1S/C31H25Cl2N3O8/c1-17-2-12-23-24(14-17)30(40)35(29(23)39)34(28(38)20-7-13-25(32)26(33)15-20)16-27(37)18-5-10-22(11-6-18)44-31(41)19-3-8-21(9-4-19)36(42)43/h3-11,13,15,17,23-24H,2,12,14,16H2,1H3/t17-,23-,24+/m1/s1. The number of ether oxygens (including phenoxy) is 1. The monoisotopic (exact) mass is 637 g/mol. The van der Waals surface area contributed by atoms with Crippen LogP contribution in [0.1, 0.15) is 57.3 Å². The highest BCUT2D eigenvalue weighted by Crippen LogP contribution is 2.41. The van der Waals surface area contributed by atoms with E-state index in [4.69, 9.17) is 27.9 Å². The van der Waals surface area contributed by atoms with Crippen molar-refractivity contribution >= 4 is 58.4 Å². The molecule has 2 fully saturated rings. The highest BCUT2D eigenvalue weighted by atomic mass is 35.5. The molecule has 226 valence electrons. The van der Waals surface area contributed by atoms with Crippen molar-refractivity contribution in [3.8, 4) is 5.75 Å². The van der Waals surface area contributed by atoms with E-state index < -0.39 is 52.8 Å². The van der Waals surface area contributed by atoms with Gasteiger partial charge in [0.15, 0.2) is 5.78 Å². The third-order valence-electron chi connectivity index (χ3n) is 7.80. The number of benzene rings is 3. The zero-order chi connectivity index (χ0) is 31.7. The van der Waals surface area contributed by atoms with E-state index in [0.29, 0.717) is 12.8 Å². The summed E-state index contributed by atoms with van der Waals surface area (Å²) in [6, 6.07) is 14.4. The van der Waals surface area contributed by atoms with Crippen LogP contribution in [0.25, 0.3) is 0 Å². The van der Waals surface area contributed by atoms with Crippen molar-refractivity contribution in [3.05, 3.63) is 104 Å². The lowest BCUT2D eigenvalue weighted by molar-refractivity contribution is -0.384. The molecule has 0 N–H and O–H groups in total. The van der Waals surface area contributed by atoms with Crippen molar-refractivity contribution in [1.82, 2.24) is 10.0 Å². The fourth-order valence-electron chi connectivity index (χ4n) is 5.44. The molecule has 3 amide bonds. The van der Waals surface area contributed by atoms with Gasteiger partial charge in [-0.15, -0.1) is 0 Å². The predicted octanol–water partition coefficient (Wildman–Crippen LogP) is 5.78. The van der Waals surface area contributed by atoms with Crippen LogP contribution in [0.4, 0.5) is 5.69 Å². The molecule has 3 aromatic carbocycles. The number of imide groups is 1. The summed E-state index contributed by atoms with van der Waals surface area (Å²) in [4.78, 5) is 76.8. The van der Waals surface area contributed by atoms with Crippen LogP contribution in [0.2, 0.25) is 10.0 Å². The highest BCUT2D eigenvalue weighted by molar-refractivity contribution is 6.42. The van der Waals surface area contributed by atoms with Gasteiger partial charge in [-0.2, -0.15) is 5.01 Å². The van der Waals surface area contributed by atoms with E-state index in [9.17, 15) is 34.1 Å². The smallest absolute Gasteiger partial charge is 0.343 e. The van der Waals surface area contributed by atoms with Crippen LogP contribution in [0.15, 0.2) is 66.7 Å². The van der Waals surface area contributed by atoms with Gasteiger partial charge in [0.1, 0.15) is 12.3 Å². The molecule has 13 heteroatoms. The molecule has 3 atom stereocenters. The van der Waals surface area contributed by atoms with E-state index in [1.165, 1.54) is 66.7 Å². The van der Waals surface area contributed by atoms with Crippen LogP contribution in [-0.2, 0) is 9.59 Å². The normalized spacial score (nSPS) is 19.3. The van der Waals surface area contributed by atoms with Crippen molar-refractivity contribution < 1.29 is 33.6 Å². The Bertz CT molecular complexity index is 1680. The van der Waals surface area contributed by atoms with Gasteiger partial charge in [0, 0.05) is 23.3 Å². The fourth-order valence-corrected chi connectivity index (χ4v) is 5.74. The Kier molecular flexibility index (Phi) is 8.80. The Labute approximate surface area is 261 Å². The molecule has 0 unspecified atom stereocenters. The Morgan fingerprint density at radius 2 is 1.50 bits per heavy atom. The largest absolute Gasteiger partial charge is 0.423 e. The molecule has 0 aromatic heterocycles. The molecule has 0 radical (unpaired) electrons. The Morgan fingerprint density at radius 3 is 2.14 bits per heavy atom. The van der Waals surface area contributed by atoms with Gasteiger partial charge in [0.05, 0.1) is 32.4 Å². The first kappa shape index (κ1) is 30.8. The van der Waals surface area contributed by atoms with Crippen LogP contribution in [0.5, 0.6) is 5.75 Å². The number of carbonyl (C=O) groups excluding carboxylic acids is 5. The number of hydrogen-bond acceptors (Lipinski definition) is 8. The third-order valence-corrected chi connectivity index (χ3v) is 8.54. The molecule has 1 saturated carbocycles. The summed E-state index contributed by atoms with van der Waals surface area (Å²) in [5.41, 5.74) is 0.0608. The van der Waals surface area contributed by atoms with Crippen LogP contribution in [0.3, 0.4) is 0 Å². The van der Waals surface area contributed by atoms with Crippen molar-refractivity contribution in [2.24, 2.45) is 17.8 Å². The fraction of sp³-hybridized carbons (Fsp3) is 0.258. The van der Waals surface area contributed by atoms with E-state index in [1.54, 1.807) is 0 Å². The molecule has 1 aliphatic carbocycles. The van der Waals surface area contributed by atoms with Gasteiger partial charge in [-0.1, -0.05) is 30.1 Å². The Balaban J connectivity index is 1.36. The number of nitro groups is 1. The average Bonchev–Trinajstić information content (AvgIpc) is 3.25. The summed E-state index contributed by atoms with van der Waals surface area (Å²) >= 11 is 12.1. The number of hydrazine groups is 1. The number of halogens is 2. The van der Waals surface area contributed by atoms with Gasteiger partial charge in [0.2, 0.25) is 0 Å². The van der Waals surface area contributed by atoms with E-state index in [1.807, 2.05) is 6.92 Å². The maximum atomic E-state index is 13.7. The van der Waals surface area contributed by atoms with Gasteiger partial charge in [-0.25, -0.2) is 9.80 Å². The molecule has 1 saturated heterocycles. The number of hydrogen-bond donors (Lipinski definition) is 0. The Hall–Kier alpha value is -4.61. The molecule has 44 heavy (non-hydrogen) atoms. The maximum absolute atomic E-state index is 13.7. The van der Waals surface area contributed by atoms with Gasteiger partial charge in [-0.05, 0) is 79.8 Å². The summed E-state index contributed by atoms with van der Waals surface area (Å²) in [6.07, 6.45) is 1.79. The first-order valence-electron chi connectivity index (χ1n) is 13.7. The molecule has 0 bridgehead atoms. The number of non-ortho nitro benzene ring substituents is 1. The van der Waals surface area contributed by atoms with Crippen LogP contribution < -0.4 is 4.74 Å². The number of carbonyl (C=O) groups is 5. The quantitative estimate of drug-likeness (QED) is 0.0754. The summed E-state index contributed by atoms with van der Waals surface area (Å²) in [5, 5.41) is 12.8. The van der Waals surface area contributed by atoms with Gasteiger partial charge in [0.25, 0.3) is 23.4 Å². The van der Waals surface area contributed by atoms with Crippen molar-refractivity contribution in [2.45, 2.75) is 26.2 Å². The van der Waals surface area contributed by atoms with Gasteiger partial charge in [-0.3, -0.25) is 29.3 Å². The minimum absolute atomic E-state index is 0.0320. The second-order valence-electron chi connectivity index (χ2n) is 10.8. The Morgan fingerprint density at radius 1 is 0.886 bits per heavy atom. The number of rotatable bonds is 8. The number of nitro benzene ring substituents is 1. The number of nitrogens with zero attached hydrogens (tertiary/aromatic N) is 3. The topological polar surface area (TPSA) is 144 Å². The van der Waals surface area contributed by atoms with E-state index in [-0.39, 0.29) is 44.1 Å². The zero-order valence-electron chi connectivity index (χ0n) is 23.3. The van der Waals surface area contributed by atoms with Crippen molar-refractivity contribution in [3.63, 3.8) is 0 Å². The first-order valence-corrected chi connectivity index (χ1v) is 14.4. The highest BCUT2D eigenvalue weighted by Gasteiger charge is 2.52. The van der Waals surface area contributed by atoms with Crippen LogP contribution in [-0.4, -0.2) is 51.0 Å². The zero-order valence-corrected chi connectivity index (χ0v) is 24.8. The lowest BCUT2D eigenvalue weighted by atomic mass is 9.76. The van der Waals surface area contributed by atoms with Crippen LogP contribution in [0, 0.1) is 27.9 Å². The van der Waals surface area contributed by atoms with E-state index >= 15 is 0 Å². The summed E-state index contributed by atoms with van der Waals surface area (Å²) < 4.78 is 5.30. The van der Waals surface area contributed by atoms with Gasteiger partial charge < -0.3 is 4.74 Å². The lowest BCUT2D eigenvalue weighted by Crippen LogP contribution is -2.52. The molecular weight excluding hydrogens is 613 g/mol. The summed E-state index contributed by atoms with van der Waals surface area (Å²) in [6.45, 7) is 1.37. The van der Waals surface area contributed by atoms with Crippen molar-refractivity contribution in [1.29, 1.82) is 0 Å². The molecular formula is C31H25Cl2N3O8. The number of fused-ring (bicyclic) bond motifs is 1. The minimum Gasteiger partial charge on any atom is -0.423 e. The molecule has 0 spiro atoms. The predicted molar refractivity (Wildman–Crippen MR) is 158 cm³/mol. The molecule has 3 aromatic rings. The molecule has 1 aliphatic heterocycles. The lowest BCUT2D eigenvalue weighted by Gasteiger charge is -2.30. The SMILES string of the molecule is C[C@@H]1CC[C@H]2C(=O)N(N(CC(=O)c3ccc(OC(=O)c4ccc([N+](=O)[O-])cc4)cc3)C(=O)c3ccc(Cl)c(Cl)c3)C(=O)[C@H]2C1.